The van der Waals surface area contributed by atoms with Crippen LogP contribution in [0.5, 0.6) is 0 Å². The molecule has 0 saturated heterocycles. The molecule has 1 amide bonds. The number of amidine groups is 1. The zero-order valence-electron chi connectivity index (χ0n) is 15.5. The van der Waals surface area contributed by atoms with Gasteiger partial charge in [-0.3, -0.25) is 4.79 Å². The number of nitrogens with one attached hydrogen (secondary N) is 1. The standard InChI is InChI=1S/C20H16ClF2N5OS/c21-11-1-4-15(26-9-11)17(29)27-12-2-3-14(23)13(7-12)20(10-22)16-8-19(16,5-6-24)30-18(25)28-20/h1-4,7,9,16H,5,8,10H2,(H2,25,28)(H,27,29)/t16?,19-,20+/m0/s1. The zero-order valence-corrected chi connectivity index (χ0v) is 17.1. The van der Waals surface area contributed by atoms with E-state index in [-0.39, 0.29) is 34.5 Å². The lowest BCUT2D eigenvalue weighted by Gasteiger charge is -2.34. The minimum absolute atomic E-state index is 0.0000647. The van der Waals surface area contributed by atoms with E-state index in [0.717, 1.165) is 6.07 Å². The van der Waals surface area contributed by atoms with E-state index in [1.54, 1.807) is 0 Å². The minimum atomic E-state index is -1.53. The summed E-state index contributed by atoms with van der Waals surface area (Å²) in [5.74, 6) is -1.55. The molecule has 2 aromatic rings. The number of halogens is 3. The van der Waals surface area contributed by atoms with Gasteiger partial charge in [0.05, 0.1) is 17.5 Å². The first-order chi connectivity index (χ1) is 14.3. The van der Waals surface area contributed by atoms with E-state index in [1.165, 1.54) is 42.2 Å². The Balaban J connectivity index is 1.69. The van der Waals surface area contributed by atoms with Crippen LogP contribution < -0.4 is 11.1 Å². The van der Waals surface area contributed by atoms with Crippen LogP contribution in [0.2, 0.25) is 5.02 Å². The SMILES string of the molecule is N#CC[C@]12CC1[C@@](CF)(c1cc(NC(=O)c3ccc(Cl)cn3)ccc1F)N=C(N)S2. The van der Waals surface area contributed by atoms with E-state index in [9.17, 15) is 13.6 Å². The normalized spacial score (nSPS) is 26.9. The molecule has 1 unspecified atom stereocenters. The van der Waals surface area contributed by atoms with Crippen LogP contribution in [0.25, 0.3) is 0 Å². The van der Waals surface area contributed by atoms with Gasteiger partial charge < -0.3 is 11.1 Å². The molecule has 1 aliphatic heterocycles. The molecule has 1 aliphatic carbocycles. The Morgan fingerprint density at radius 1 is 1.43 bits per heavy atom. The number of hydrogen-bond acceptors (Lipinski definition) is 6. The third-order valence-electron chi connectivity index (χ3n) is 5.45. The number of aliphatic imine (C=N–C) groups is 1. The maximum atomic E-state index is 14.8. The summed E-state index contributed by atoms with van der Waals surface area (Å²) in [5, 5.41) is 12.3. The van der Waals surface area contributed by atoms with Gasteiger partial charge in [-0.25, -0.2) is 18.8 Å². The lowest BCUT2D eigenvalue weighted by Crippen LogP contribution is -2.40. The van der Waals surface area contributed by atoms with Crippen LogP contribution in [-0.4, -0.2) is 27.5 Å². The minimum Gasteiger partial charge on any atom is -0.378 e. The van der Waals surface area contributed by atoms with E-state index in [0.29, 0.717) is 11.4 Å². The monoisotopic (exact) mass is 447 g/mol. The molecule has 2 heterocycles. The zero-order chi connectivity index (χ0) is 21.5. The summed E-state index contributed by atoms with van der Waals surface area (Å²) in [6, 6.07) is 8.98. The second-order valence-electron chi connectivity index (χ2n) is 7.28. The topological polar surface area (TPSA) is 104 Å². The Kier molecular flexibility index (Phi) is 5.16. The number of nitrogens with two attached hydrogens (primary N) is 1. The molecule has 0 radical (unpaired) electrons. The van der Waals surface area contributed by atoms with Crippen LogP contribution in [0, 0.1) is 23.1 Å². The van der Waals surface area contributed by atoms with Crippen molar-refractivity contribution in [1.82, 2.24) is 4.98 Å². The number of anilines is 1. The molecule has 3 atom stereocenters. The largest absolute Gasteiger partial charge is 0.378 e. The van der Waals surface area contributed by atoms with Crippen molar-refractivity contribution in [2.24, 2.45) is 16.6 Å². The first kappa shape index (κ1) is 20.6. The second-order valence-corrected chi connectivity index (χ2v) is 9.15. The number of benzene rings is 1. The van der Waals surface area contributed by atoms with Crippen LogP contribution in [0.1, 0.15) is 28.9 Å². The van der Waals surface area contributed by atoms with Crippen molar-refractivity contribution in [3.05, 3.63) is 58.6 Å². The molecule has 154 valence electrons. The van der Waals surface area contributed by atoms with E-state index >= 15 is 0 Å². The number of carbonyl (C=O) groups excluding carboxylic acids is 1. The lowest BCUT2D eigenvalue weighted by molar-refractivity contribution is 0.102. The molecule has 30 heavy (non-hydrogen) atoms. The number of nitrogens with zero attached hydrogens (tertiary/aromatic N) is 3. The van der Waals surface area contributed by atoms with Gasteiger partial charge in [-0.05, 0) is 36.8 Å². The number of aromatic nitrogens is 1. The molecule has 3 N–H and O–H groups in total. The molecule has 1 fully saturated rings. The fraction of sp³-hybridized carbons (Fsp3) is 0.300. The van der Waals surface area contributed by atoms with Gasteiger partial charge in [-0.1, -0.05) is 23.4 Å². The Morgan fingerprint density at radius 3 is 2.90 bits per heavy atom. The van der Waals surface area contributed by atoms with Crippen molar-refractivity contribution >= 4 is 40.1 Å². The molecule has 6 nitrogen and oxygen atoms in total. The van der Waals surface area contributed by atoms with Crippen LogP contribution in [0.15, 0.2) is 41.5 Å². The van der Waals surface area contributed by atoms with Crippen LogP contribution in [0.4, 0.5) is 14.5 Å². The van der Waals surface area contributed by atoms with Gasteiger partial charge in [-0.15, -0.1) is 0 Å². The number of nitriles is 1. The van der Waals surface area contributed by atoms with Crippen molar-refractivity contribution in [1.29, 1.82) is 5.26 Å². The highest BCUT2D eigenvalue weighted by molar-refractivity contribution is 8.15. The predicted molar refractivity (Wildman–Crippen MR) is 112 cm³/mol. The quantitative estimate of drug-likeness (QED) is 0.720. The molecule has 1 aromatic carbocycles. The molecule has 1 aromatic heterocycles. The van der Waals surface area contributed by atoms with E-state index < -0.39 is 28.7 Å². The highest BCUT2D eigenvalue weighted by atomic mass is 35.5. The van der Waals surface area contributed by atoms with Gasteiger partial charge in [0.15, 0.2) is 5.17 Å². The van der Waals surface area contributed by atoms with Crippen molar-refractivity contribution < 1.29 is 13.6 Å². The van der Waals surface area contributed by atoms with Gasteiger partial charge in [0.25, 0.3) is 5.91 Å². The third kappa shape index (κ3) is 3.40. The van der Waals surface area contributed by atoms with E-state index in [1.807, 2.05) is 0 Å². The summed E-state index contributed by atoms with van der Waals surface area (Å²) in [7, 11) is 0. The van der Waals surface area contributed by atoms with Crippen molar-refractivity contribution in [3.63, 3.8) is 0 Å². The smallest absolute Gasteiger partial charge is 0.274 e. The Hall–Kier alpha value is -2.70. The summed E-state index contributed by atoms with van der Waals surface area (Å²) < 4.78 is 28.7. The molecule has 1 saturated carbocycles. The number of hydrogen-bond donors (Lipinski definition) is 2. The fourth-order valence-corrected chi connectivity index (χ4v) is 5.42. The van der Waals surface area contributed by atoms with Crippen LogP contribution >= 0.6 is 23.4 Å². The molecule has 0 spiro atoms. The average molecular weight is 448 g/mol. The number of carbonyl (C=O) groups is 1. The molecular formula is C20H16ClF2N5OS. The summed E-state index contributed by atoms with van der Waals surface area (Å²) >= 11 is 7.03. The number of thioether (sulfide) groups is 1. The summed E-state index contributed by atoms with van der Waals surface area (Å²) in [5.41, 5.74) is 4.79. The lowest BCUT2D eigenvalue weighted by atomic mass is 9.84. The van der Waals surface area contributed by atoms with Gasteiger partial charge >= 0.3 is 0 Å². The fourth-order valence-electron chi connectivity index (χ4n) is 3.96. The number of alkyl halides is 1. The first-order valence-electron chi connectivity index (χ1n) is 9.04. The average Bonchev–Trinajstić information content (AvgIpc) is 3.43. The Morgan fingerprint density at radius 2 is 2.23 bits per heavy atom. The highest BCUT2D eigenvalue weighted by Crippen LogP contribution is 2.67. The Labute approximate surface area is 180 Å². The van der Waals surface area contributed by atoms with Gasteiger partial charge in [0, 0.05) is 28.1 Å². The van der Waals surface area contributed by atoms with E-state index in [4.69, 9.17) is 22.6 Å². The van der Waals surface area contributed by atoms with E-state index in [2.05, 4.69) is 21.4 Å². The summed E-state index contributed by atoms with van der Waals surface area (Å²) in [4.78, 5) is 20.7. The molecule has 10 heteroatoms. The summed E-state index contributed by atoms with van der Waals surface area (Å²) in [6.45, 7) is -0.973. The maximum Gasteiger partial charge on any atom is 0.274 e. The summed E-state index contributed by atoms with van der Waals surface area (Å²) in [6.07, 6.45) is 2.01. The Bertz CT molecular complexity index is 1090. The number of amides is 1. The molecular weight excluding hydrogens is 432 g/mol. The number of pyridine rings is 1. The maximum absolute atomic E-state index is 14.8. The van der Waals surface area contributed by atoms with Gasteiger partial charge in [0.2, 0.25) is 0 Å². The molecule has 0 bridgehead atoms. The number of fused-ring (bicyclic) bond motifs is 1. The van der Waals surface area contributed by atoms with Gasteiger partial charge in [-0.2, -0.15) is 5.26 Å². The molecule has 2 aliphatic rings. The molecule has 4 rings (SSSR count). The van der Waals surface area contributed by atoms with Crippen LogP contribution in [0.3, 0.4) is 0 Å². The van der Waals surface area contributed by atoms with Crippen LogP contribution in [-0.2, 0) is 5.54 Å². The second kappa shape index (κ2) is 7.52. The predicted octanol–water partition coefficient (Wildman–Crippen LogP) is 4.03. The first-order valence-corrected chi connectivity index (χ1v) is 10.2. The van der Waals surface area contributed by atoms with Crippen molar-refractivity contribution in [3.8, 4) is 6.07 Å². The van der Waals surface area contributed by atoms with Crippen molar-refractivity contribution in [2.45, 2.75) is 23.1 Å². The van der Waals surface area contributed by atoms with Gasteiger partial charge in [0.1, 0.15) is 23.7 Å². The van der Waals surface area contributed by atoms with Crippen molar-refractivity contribution in [2.75, 3.05) is 12.0 Å². The number of rotatable bonds is 5. The highest BCUT2D eigenvalue weighted by Gasteiger charge is 2.68. The third-order valence-corrected chi connectivity index (χ3v) is 6.98.